The van der Waals surface area contributed by atoms with E-state index in [4.69, 9.17) is 0 Å². The normalized spacial score (nSPS) is 14.0. The van der Waals surface area contributed by atoms with Gasteiger partial charge < -0.3 is 20.3 Å². The molecule has 0 fully saturated rings. The molecule has 0 unspecified atom stereocenters. The second-order valence-corrected chi connectivity index (χ2v) is 5.46. The monoisotopic (exact) mass is 319 g/mol. The van der Waals surface area contributed by atoms with Crippen LogP contribution in [0.15, 0.2) is 18.2 Å². The van der Waals surface area contributed by atoms with Gasteiger partial charge in [0.15, 0.2) is 0 Å². The minimum atomic E-state index is -0.704. The Labute approximate surface area is 135 Å². The first-order valence-corrected chi connectivity index (χ1v) is 7.44. The molecule has 3 amide bonds. The number of ether oxygens (including phenoxy) is 1. The van der Waals surface area contributed by atoms with Crippen molar-refractivity contribution in [1.29, 1.82) is 0 Å². The Morgan fingerprint density at radius 2 is 2.09 bits per heavy atom. The number of nitrogens with zero attached hydrogens (tertiary/aromatic N) is 1. The Morgan fingerprint density at radius 1 is 1.35 bits per heavy atom. The van der Waals surface area contributed by atoms with Crippen LogP contribution in [0, 0.1) is 0 Å². The summed E-state index contributed by atoms with van der Waals surface area (Å²) in [5, 5.41) is 5.19. The van der Waals surface area contributed by atoms with Gasteiger partial charge in [-0.05, 0) is 30.5 Å². The zero-order valence-corrected chi connectivity index (χ0v) is 13.5. The van der Waals surface area contributed by atoms with Crippen molar-refractivity contribution in [3.63, 3.8) is 0 Å². The minimum Gasteiger partial charge on any atom is -0.467 e. The Bertz CT molecular complexity index is 630. The van der Waals surface area contributed by atoms with Crippen molar-refractivity contribution in [3.05, 3.63) is 29.3 Å². The van der Waals surface area contributed by atoms with Crippen molar-refractivity contribution in [2.45, 2.75) is 32.9 Å². The molecule has 7 heteroatoms. The Balaban J connectivity index is 1.91. The molecule has 0 bridgehead atoms. The number of amides is 3. The lowest BCUT2D eigenvalue weighted by atomic mass is 10.1. The lowest BCUT2D eigenvalue weighted by Crippen LogP contribution is -2.44. The number of nitrogens with one attached hydrogen (secondary N) is 2. The molecule has 1 aromatic rings. The van der Waals surface area contributed by atoms with Crippen molar-refractivity contribution in [3.8, 4) is 0 Å². The molecule has 1 aromatic carbocycles. The summed E-state index contributed by atoms with van der Waals surface area (Å²) in [5.74, 6) is -0.465. The van der Waals surface area contributed by atoms with Gasteiger partial charge in [0.25, 0.3) is 0 Å². The zero-order chi connectivity index (χ0) is 17.0. The summed E-state index contributed by atoms with van der Waals surface area (Å²) in [5.41, 5.74) is 2.97. The van der Waals surface area contributed by atoms with E-state index in [1.807, 2.05) is 18.2 Å². The molecular formula is C16H21N3O4. The van der Waals surface area contributed by atoms with Crippen molar-refractivity contribution < 1.29 is 19.1 Å². The summed E-state index contributed by atoms with van der Waals surface area (Å²) in [6.07, 6.45) is 0.814. The number of fused-ring (bicyclic) bond motifs is 1. The SMILES string of the molecule is COC(=O)[C@@H](C)NC(=O)NCc1ccc2c(c1)CCN2C(C)=O. The predicted molar refractivity (Wildman–Crippen MR) is 85.0 cm³/mol. The quantitative estimate of drug-likeness (QED) is 0.809. The average molecular weight is 319 g/mol. The van der Waals surface area contributed by atoms with Crippen LogP contribution in [0.5, 0.6) is 0 Å². The summed E-state index contributed by atoms with van der Waals surface area (Å²) < 4.78 is 4.54. The number of methoxy groups -OCH3 is 1. The highest BCUT2D eigenvalue weighted by molar-refractivity contribution is 5.93. The molecule has 1 heterocycles. The molecule has 0 radical (unpaired) electrons. The molecular weight excluding hydrogens is 298 g/mol. The highest BCUT2D eigenvalue weighted by Gasteiger charge is 2.22. The van der Waals surface area contributed by atoms with E-state index < -0.39 is 18.0 Å². The van der Waals surface area contributed by atoms with E-state index in [-0.39, 0.29) is 5.91 Å². The molecule has 2 N–H and O–H groups in total. The number of rotatable bonds is 4. The Morgan fingerprint density at radius 3 is 2.74 bits per heavy atom. The molecule has 7 nitrogen and oxygen atoms in total. The summed E-state index contributed by atoms with van der Waals surface area (Å²) >= 11 is 0. The summed E-state index contributed by atoms with van der Waals surface area (Å²) in [7, 11) is 1.27. The van der Waals surface area contributed by atoms with Crippen LogP contribution in [-0.4, -0.2) is 37.6 Å². The number of hydrogen-bond acceptors (Lipinski definition) is 4. The largest absolute Gasteiger partial charge is 0.467 e. The van der Waals surface area contributed by atoms with Gasteiger partial charge in [0.2, 0.25) is 5.91 Å². The third kappa shape index (κ3) is 4.00. The number of carbonyl (C=O) groups is 3. The fraction of sp³-hybridized carbons (Fsp3) is 0.438. The first kappa shape index (κ1) is 16.8. The number of anilines is 1. The molecule has 0 spiro atoms. The number of carbonyl (C=O) groups excluding carboxylic acids is 3. The fourth-order valence-corrected chi connectivity index (χ4v) is 2.56. The molecule has 23 heavy (non-hydrogen) atoms. The highest BCUT2D eigenvalue weighted by Crippen LogP contribution is 2.28. The van der Waals surface area contributed by atoms with Gasteiger partial charge >= 0.3 is 12.0 Å². The third-order valence-corrected chi connectivity index (χ3v) is 3.77. The number of benzene rings is 1. The van der Waals surface area contributed by atoms with E-state index >= 15 is 0 Å². The third-order valence-electron chi connectivity index (χ3n) is 3.77. The van der Waals surface area contributed by atoms with Crippen LogP contribution in [0.2, 0.25) is 0 Å². The van der Waals surface area contributed by atoms with E-state index in [0.717, 1.165) is 23.2 Å². The van der Waals surface area contributed by atoms with E-state index in [1.54, 1.807) is 18.7 Å². The zero-order valence-electron chi connectivity index (χ0n) is 13.5. The predicted octanol–water partition coefficient (Wildman–Crippen LogP) is 0.956. The maximum atomic E-state index is 11.7. The highest BCUT2D eigenvalue weighted by atomic mass is 16.5. The maximum absolute atomic E-state index is 11.7. The van der Waals surface area contributed by atoms with Gasteiger partial charge in [0.1, 0.15) is 6.04 Å². The van der Waals surface area contributed by atoms with Gasteiger partial charge in [-0.1, -0.05) is 12.1 Å². The number of urea groups is 1. The van der Waals surface area contributed by atoms with Gasteiger partial charge in [0.05, 0.1) is 7.11 Å². The minimum absolute atomic E-state index is 0.0331. The Hall–Kier alpha value is -2.57. The molecule has 0 aromatic heterocycles. The smallest absolute Gasteiger partial charge is 0.328 e. The first-order chi connectivity index (χ1) is 10.9. The van der Waals surface area contributed by atoms with E-state index in [1.165, 1.54) is 7.11 Å². The van der Waals surface area contributed by atoms with Crippen molar-refractivity contribution in [2.75, 3.05) is 18.6 Å². The maximum Gasteiger partial charge on any atom is 0.328 e. The molecule has 2 rings (SSSR count). The van der Waals surface area contributed by atoms with Gasteiger partial charge in [-0.15, -0.1) is 0 Å². The lowest BCUT2D eigenvalue weighted by molar-refractivity contribution is -0.142. The van der Waals surface area contributed by atoms with Crippen molar-refractivity contribution in [1.82, 2.24) is 10.6 Å². The molecule has 1 atom stereocenters. The summed E-state index contributed by atoms with van der Waals surface area (Å²) in [4.78, 5) is 36.2. The Kier molecular flexibility index (Phi) is 5.20. The average Bonchev–Trinajstić information content (AvgIpc) is 2.95. The molecule has 1 aliphatic rings. The van der Waals surface area contributed by atoms with Crippen LogP contribution >= 0.6 is 0 Å². The molecule has 0 saturated carbocycles. The van der Waals surface area contributed by atoms with Crippen LogP contribution in [0.25, 0.3) is 0 Å². The van der Waals surface area contributed by atoms with Crippen LogP contribution in [0.1, 0.15) is 25.0 Å². The van der Waals surface area contributed by atoms with E-state index in [2.05, 4.69) is 15.4 Å². The van der Waals surface area contributed by atoms with Crippen LogP contribution < -0.4 is 15.5 Å². The fourth-order valence-electron chi connectivity index (χ4n) is 2.56. The molecule has 0 saturated heterocycles. The molecule has 1 aliphatic heterocycles. The first-order valence-electron chi connectivity index (χ1n) is 7.44. The van der Waals surface area contributed by atoms with Gasteiger partial charge in [-0.3, -0.25) is 4.79 Å². The van der Waals surface area contributed by atoms with Crippen molar-refractivity contribution >= 4 is 23.6 Å². The van der Waals surface area contributed by atoms with E-state index in [0.29, 0.717) is 13.1 Å². The van der Waals surface area contributed by atoms with Crippen LogP contribution in [0.4, 0.5) is 10.5 Å². The second-order valence-electron chi connectivity index (χ2n) is 5.46. The van der Waals surface area contributed by atoms with Gasteiger partial charge in [0, 0.05) is 25.7 Å². The van der Waals surface area contributed by atoms with Gasteiger partial charge in [-0.2, -0.15) is 0 Å². The number of hydrogen-bond donors (Lipinski definition) is 2. The van der Waals surface area contributed by atoms with E-state index in [9.17, 15) is 14.4 Å². The van der Waals surface area contributed by atoms with Gasteiger partial charge in [-0.25, -0.2) is 9.59 Å². The second kappa shape index (κ2) is 7.13. The standard InChI is InChI=1S/C16H21N3O4/c1-10(15(21)23-3)18-16(22)17-9-12-4-5-14-13(8-12)6-7-19(14)11(2)20/h4-5,8,10H,6-7,9H2,1-3H3,(H2,17,18,22)/t10-/m1/s1. The molecule has 0 aliphatic carbocycles. The topological polar surface area (TPSA) is 87.7 Å². The molecule has 124 valence electrons. The van der Waals surface area contributed by atoms with Crippen LogP contribution in [-0.2, 0) is 27.3 Å². The summed E-state index contributed by atoms with van der Waals surface area (Å²) in [6, 6.07) is 4.63. The number of esters is 1. The van der Waals surface area contributed by atoms with Crippen LogP contribution in [0.3, 0.4) is 0 Å². The lowest BCUT2D eigenvalue weighted by Gasteiger charge is -2.15. The summed E-state index contributed by atoms with van der Waals surface area (Å²) in [6.45, 7) is 4.14. The van der Waals surface area contributed by atoms with Crippen molar-refractivity contribution in [2.24, 2.45) is 0 Å².